The minimum Gasteiger partial charge on any atom is -0.449 e. The van der Waals surface area contributed by atoms with Crippen molar-refractivity contribution in [1.29, 1.82) is 0 Å². The first-order valence-corrected chi connectivity index (χ1v) is 7.82. The van der Waals surface area contributed by atoms with Crippen LogP contribution in [0.4, 0.5) is 5.69 Å². The molecule has 0 saturated carbocycles. The van der Waals surface area contributed by atoms with Crippen LogP contribution in [0, 0.1) is 20.8 Å². The minimum absolute atomic E-state index is 0.254. The molecule has 0 bridgehead atoms. The van der Waals surface area contributed by atoms with Crippen LogP contribution in [0.25, 0.3) is 11.5 Å². The van der Waals surface area contributed by atoms with E-state index < -0.39 is 0 Å². The molecule has 1 aromatic carbocycles. The molecular weight excluding hydrogens is 296 g/mol. The predicted octanol–water partition coefficient (Wildman–Crippen LogP) is 4.58. The van der Waals surface area contributed by atoms with E-state index in [9.17, 15) is 4.79 Å². The number of rotatable bonds is 3. The summed E-state index contributed by atoms with van der Waals surface area (Å²) in [6.45, 7) is 5.87. The largest absolute Gasteiger partial charge is 0.449 e. The number of para-hydroxylation sites is 1. The molecule has 112 valence electrons. The van der Waals surface area contributed by atoms with Gasteiger partial charge in [-0.25, -0.2) is 4.98 Å². The second-order valence-corrected chi connectivity index (χ2v) is 6.20. The molecule has 1 amide bonds. The van der Waals surface area contributed by atoms with Crippen LogP contribution in [-0.4, -0.2) is 10.9 Å². The second kappa shape index (κ2) is 5.77. The molecule has 0 aliphatic rings. The fourth-order valence-corrected chi connectivity index (χ4v) is 2.86. The molecule has 0 aliphatic carbocycles. The van der Waals surface area contributed by atoms with Crippen molar-refractivity contribution >= 4 is 22.9 Å². The standard InChI is InChI=1S/C17H16N2O2S/c1-10-5-4-6-11(2)16(10)19-17(20)15-8-7-14(21-15)13-9-22-12(3)18-13/h4-9H,1-3H3,(H,19,20). The van der Waals surface area contributed by atoms with Crippen LogP contribution in [0.3, 0.4) is 0 Å². The van der Waals surface area contributed by atoms with Gasteiger partial charge in [0.2, 0.25) is 0 Å². The molecule has 0 aliphatic heterocycles. The summed E-state index contributed by atoms with van der Waals surface area (Å²) in [5.41, 5.74) is 3.63. The monoisotopic (exact) mass is 312 g/mol. The molecule has 0 unspecified atom stereocenters. The molecule has 0 fully saturated rings. The quantitative estimate of drug-likeness (QED) is 0.770. The first kappa shape index (κ1) is 14.5. The number of nitrogens with one attached hydrogen (secondary N) is 1. The number of carbonyl (C=O) groups excluding carboxylic acids is 1. The van der Waals surface area contributed by atoms with Gasteiger partial charge in [0.1, 0.15) is 5.69 Å². The molecule has 5 heteroatoms. The highest BCUT2D eigenvalue weighted by Crippen LogP contribution is 2.25. The summed E-state index contributed by atoms with van der Waals surface area (Å²) >= 11 is 1.55. The van der Waals surface area contributed by atoms with Crippen LogP contribution in [0.2, 0.25) is 0 Å². The van der Waals surface area contributed by atoms with E-state index in [0.29, 0.717) is 5.76 Å². The average molecular weight is 312 g/mol. The van der Waals surface area contributed by atoms with Crippen molar-refractivity contribution < 1.29 is 9.21 Å². The molecular formula is C17H16N2O2S. The third-order valence-electron chi connectivity index (χ3n) is 3.42. The van der Waals surface area contributed by atoms with Crippen molar-refractivity contribution in [2.24, 2.45) is 0 Å². The Kier molecular flexibility index (Phi) is 3.81. The van der Waals surface area contributed by atoms with E-state index in [1.54, 1.807) is 23.5 Å². The van der Waals surface area contributed by atoms with E-state index in [0.717, 1.165) is 27.5 Å². The normalized spacial score (nSPS) is 10.7. The SMILES string of the molecule is Cc1nc(-c2ccc(C(=O)Nc3c(C)cccc3C)o2)cs1. The Morgan fingerprint density at radius 3 is 2.50 bits per heavy atom. The van der Waals surface area contributed by atoms with Crippen LogP contribution in [-0.2, 0) is 0 Å². The number of thiazole rings is 1. The molecule has 2 heterocycles. The number of carbonyl (C=O) groups is 1. The van der Waals surface area contributed by atoms with E-state index >= 15 is 0 Å². The van der Waals surface area contributed by atoms with Crippen LogP contribution in [0.1, 0.15) is 26.7 Å². The molecule has 0 spiro atoms. The average Bonchev–Trinajstić information content (AvgIpc) is 3.11. The highest BCUT2D eigenvalue weighted by molar-refractivity contribution is 7.09. The van der Waals surface area contributed by atoms with Gasteiger partial charge in [0, 0.05) is 11.1 Å². The molecule has 0 saturated heterocycles. The number of furan rings is 1. The van der Waals surface area contributed by atoms with Gasteiger partial charge in [0.05, 0.1) is 5.01 Å². The zero-order chi connectivity index (χ0) is 15.7. The minimum atomic E-state index is -0.254. The van der Waals surface area contributed by atoms with Crippen molar-refractivity contribution in [3.63, 3.8) is 0 Å². The summed E-state index contributed by atoms with van der Waals surface area (Å²) in [6, 6.07) is 9.35. The van der Waals surface area contributed by atoms with Crippen LogP contribution in [0.15, 0.2) is 40.1 Å². The van der Waals surface area contributed by atoms with E-state index in [2.05, 4.69) is 10.3 Å². The maximum Gasteiger partial charge on any atom is 0.291 e. The Labute approximate surface area is 132 Å². The number of aryl methyl sites for hydroxylation is 3. The lowest BCUT2D eigenvalue weighted by molar-refractivity contribution is 0.0997. The molecule has 3 rings (SSSR count). The van der Waals surface area contributed by atoms with Crippen molar-refractivity contribution in [1.82, 2.24) is 4.98 Å². The summed E-state index contributed by atoms with van der Waals surface area (Å²) < 4.78 is 5.63. The molecule has 0 atom stereocenters. The Morgan fingerprint density at radius 2 is 1.86 bits per heavy atom. The van der Waals surface area contributed by atoms with Gasteiger partial charge >= 0.3 is 0 Å². The zero-order valence-corrected chi connectivity index (χ0v) is 13.5. The summed E-state index contributed by atoms with van der Waals surface area (Å²) in [4.78, 5) is 16.7. The molecule has 2 aromatic heterocycles. The van der Waals surface area contributed by atoms with Gasteiger partial charge in [-0.15, -0.1) is 11.3 Å². The first-order valence-electron chi connectivity index (χ1n) is 6.94. The van der Waals surface area contributed by atoms with Crippen molar-refractivity contribution in [3.8, 4) is 11.5 Å². The number of benzene rings is 1. The van der Waals surface area contributed by atoms with Crippen LogP contribution >= 0.6 is 11.3 Å². The number of anilines is 1. The maximum absolute atomic E-state index is 12.3. The molecule has 3 aromatic rings. The van der Waals surface area contributed by atoms with Crippen molar-refractivity contribution in [2.75, 3.05) is 5.32 Å². The fourth-order valence-electron chi connectivity index (χ4n) is 2.26. The van der Waals surface area contributed by atoms with E-state index in [-0.39, 0.29) is 11.7 Å². The van der Waals surface area contributed by atoms with Gasteiger partial charge in [0.15, 0.2) is 11.5 Å². The van der Waals surface area contributed by atoms with Crippen molar-refractivity contribution in [3.05, 3.63) is 57.6 Å². The van der Waals surface area contributed by atoms with E-state index in [4.69, 9.17) is 4.42 Å². The van der Waals surface area contributed by atoms with Gasteiger partial charge in [-0.2, -0.15) is 0 Å². The van der Waals surface area contributed by atoms with E-state index in [1.165, 1.54) is 0 Å². The number of aromatic nitrogens is 1. The molecule has 4 nitrogen and oxygen atoms in total. The first-order chi connectivity index (χ1) is 10.5. The number of amides is 1. The molecule has 1 N–H and O–H groups in total. The predicted molar refractivity (Wildman–Crippen MR) is 88.4 cm³/mol. The van der Waals surface area contributed by atoms with Gasteiger partial charge in [0.25, 0.3) is 5.91 Å². The number of hydrogen-bond donors (Lipinski definition) is 1. The van der Waals surface area contributed by atoms with Crippen LogP contribution in [0.5, 0.6) is 0 Å². The third kappa shape index (κ3) is 2.80. The lowest BCUT2D eigenvalue weighted by Crippen LogP contribution is -2.12. The molecule has 22 heavy (non-hydrogen) atoms. The van der Waals surface area contributed by atoms with Gasteiger partial charge in [-0.1, -0.05) is 18.2 Å². The third-order valence-corrected chi connectivity index (χ3v) is 4.19. The number of hydrogen-bond acceptors (Lipinski definition) is 4. The van der Waals surface area contributed by atoms with Gasteiger partial charge in [-0.3, -0.25) is 4.79 Å². The Balaban J connectivity index is 1.83. The lowest BCUT2D eigenvalue weighted by atomic mass is 10.1. The topological polar surface area (TPSA) is 55.1 Å². The van der Waals surface area contributed by atoms with Gasteiger partial charge < -0.3 is 9.73 Å². The highest BCUT2D eigenvalue weighted by atomic mass is 32.1. The summed E-state index contributed by atoms with van der Waals surface area (Å²) in [5.74, 6) is 0.634. The Hall–Kier alpha value is -2.40. The molecule has 0 radical (unpaired) electrons. The summed E-state index contributed by atoms with van der Waals surface area (Å²) in [6.07, 6.45) is 0. The van der Waals surface area contributed by atoms with Crippen molar-refractivity contribution in [2.45, 2.75) is 20.8 Å². The lowest BCUT2D eigenvalue weighted by Gasteiger charge is -2.10. The number of nitrogens with zero attached hydrogens (tertiary/aromatic N) is 1. The second-order valence-electron chi connectivity index (χ2n) is 5.14. The summed E-state index contributed by atoms with van der Waals surface area (Å²) in [7, 11) is 0. The smallest absolute Gasteiger partial charge is 0.291 e. The van der Waals surface area contributed by atoms with Crippen LogP contribution < -0.4 is 5.32 Å². The highest BCUT2D eigenvalue weighted by Gasteiger charge is 2.15. The summed E-state index contributed by atoms with van der Waals surface area (Å²) in [5, 5.41) is 5.80. The van der Waals surface area contributed by atoms with E-state index in [1.807, 2.05) is 44.4 Å². The Bertz CT molecular complexity index is 813. The zero-order valence-electron chi connectivity index (χ0n) is 12.6. The Morgan fingerprint density at radius 1 is 1.14 bits per heavy atom. The maximum atomic E-state index is 12.3. The van der Waals surface area contributed by atoms with Gasteiger partial charge in [-0.05, 0) is 44.0 Å². The fraction of sp³-hybridized carbons (Fsp3) is 0.176.